The molecule has 0 fully saturated rings. The van der Waals surface area contributed by atoms with Crippen LogP contribution in [0.25, 0.3) is 0 Å². The van der Waals surface area contributed by atoms with E-state index in [1.54, 1.807) is 17.2 Å². The van der Waals surface area contributed by atoms with Gasteiger partial charge in [-0.15, -0.1) is 0 Å². The molecule has 0 aromatic rings. The molecule has 0 unspecified atom stereocenters. The van der Waals surface area contributed by atoms with Crippen molar-refractivity contribution in [3.05, 3.63) is 58.2 Å². The fourth-order valence-corrected chi connectivity index (χ4v) is 3.71. The van der Waals surface area contributed by atoms with Crippen LogP contribution >= 0.6 is 0 Å². The van der Waals surface area contributed by atoms with Gasteiger partial charge in [-0.3, -0.25) is 4.79 Å². The molecule has 23 heavy (non-hydrogen) atoms. The SMILES string of the molecule is CC(=C/C=O)/C=C/C=C(\C)C1=CC2=C(CCC1)CCCC2(C)C. The van der Waals surface area contributed by atoms with Crippen LogP contribution in [0.1, 0.15) is 66.2 Å². The van der Waals surface area contributed by atoms with Gasteiger partial charge in [0.2, 0.25) is 0 Å². The number of carbonyl (C=O) groups excluding carboxylic acids is 1. The minimum atomic E-state index is 0.322. The smallest absolute Gasteiger partial charge is 0.143 e. The molecule has 0 bridgehead atoms. The van der Waals surface area contributed by atoms with Crippen molar-refractivity contribution in [3.63, 3.8) is 0 Å². The lowest BCUT2D eigenvalue weighted by atomic mass is 9.71. The second kappa shape index (κ2) is 7.77. The molecule has 0 heterocycles. The van der Waals surface area contributed by atoms with Crippen LogP contribution in [0.3, 0.4) is 0 Å². The summed E-state index contributed by atoms with van der Waals surface area (Å²) in [4.78, 5) is 10.5. The first-order chi connectivity index (χ1) is 10.9. The van der Waals surface area contributed by atoms with Crippen LogP contribution in [0.5, 0.6) is 0 Å². The van der Waals surface area contributed by atoms with Crippen LogP contribution in [0.4, 0.5) is 0 Å². The summed E-state index contributed by atoms with van der Waals surface area (Å²) in [7, 11) is 0. The Bertz CT molecular complexity index is 606. The first-order valence-electron chi connectivity index (χ1n) is 8.84. The van der Waals surface area contributed by atoms with E-state index in [1.165, 1.54) is 49.7 Å². The van der Waals surface area contributed by atoms with E-state index in [-0.39, 0.29) is 0 Å². The Balaban J connectivity index is 2.25. The van der Waals surface area contributed by atoms with Crippen molar-refractivity contribution in [1.82, 2.24) is 0 Å². The minimum Gasteiger partial charge on any atom is -0.299 e. The topological polar surface area (TPSA) is 17.1 Å². The van der Waals surface area contributed by atoms with E-state index in [9.17, 15) is 4.79 Å². The van der Waals surface area contributed by atoms with E-state index in [4.69, 9.17) is 0 Å². The third kappa shape index (κ3) is 4.67. The second-order valence-corrected chi connectivity index (χ2v) is 7.53. The molecule has 2 aliphatic carbocycles. The van der Waals surface area contributed by atoms with Crippen molar-refractivity contribution in [2.75, 3.05) is 0 Å². The zero-order chi connectivity index (χ0) is 16.9. The van der Waals surface area contributed by atoms with E-state index >= 15 is 0 Å². The molecule has 0 saturated heterocycles. The molecule has 0 aliphatic heterocycles. The van der Waals surface area contributed by atoms with Crippen LogP contribution in [0.15, 0.2) is 58.2 Å². The van der Waals surface area contributed by atoms with Gasteiger partial charge in [0.05, 0.1) is 0 Å². The van der Waals surface area contributed by atoms with Crippen LogP contribution in [0.2, 0.25) is 0 Å². The first-order valence-corrected chi connectivity index (χ1v) is 8.84. The summed E-state index contributed by atoms with van der Waals surface area (Å²) in [5.74, 6) is 0. The first kappa shape index (κ1) is 17.7. The third-order valence-electron chi connectivity index (χ3n) is 5.18. The number of carbonyl (C=O) groups is 1. The van der Waals surface area contributed by atoms with E-state index < -0.39 is 0 Å². The van der Waals surface area contributed by atoms with Gasteiger partial charge in [0.1, 0.15) is 6.29 Å². The average Bonchev–Trinajstić information content (AvgIpc) is 2.70. The lowest BCUT2D eigenvalue weighted by Crippen LogP contribution is -2.19. The highest BCUT2D eigenvalue weighted by Crippen LogP contribution is 2.45. The quantitative estimate of drug-likeness (QED) is 0.341. The Labute approximate surface area is 141 Å². The highest BCUT2D eigenvalue weighted by molar-refractivity contribution is 5.67. The fraction of sp³-hybridized carbons (Fsp3) is 0.500. The second-order valence-electron chi connectivity index (χ2n) is 7.53. The molecular formula is C22H30O. The summed E-state index contributed by atoms with van der Waals surface area (Å²) in [5, 5.41) is 0. The minimum absolute atomic E-state index is 0.322. The van der Waals surface area contributed by atoms with Gasteiger partial charge in [-0.05, 0) is 86.2 Å². The van der Waals surface area contributed by atoms with Gasteiger partial charge in [0.25, 0.3) is 0 Å². The van der Waals surface area contributed by atoms with Crippen molar-refractivity contribution in [2.24, 2.45) is 5.41 Å². The van der Waals surface area contributed by atoms with Crippen LogP contribution < -0.4 is 0 Å². The van der Waals surface area contributed by atoms with Crippen molar-refractivity contribution in [3.8, 4) is 0 Å². The molecule has 0 N–H and O–H groups in total. The predicted molar refractivity (Wildman–Crippen MR) is 99.3 cm³/mol. The van der Waals surface area contributed by atoms with E-state index in [0.29, 0.717) is 5.41 Å². The number of allylic oxidation sites excluding steroid dienone is 10. The highest BCUT2D eigenvalue weighted by atomic mass is 16.1. The van der Waals surface area contributed by atoms with Gasteiger partial charge < -0.3 is 0 Å². The fourth-order valence-electron chi connectivity index (χ4n) is 3.71. The molecule has 0 amide bonds. The monoisotopic (exact) mass is 310 g/mol. The number of hydrogen-bond donors (Lipinski definition) is 0. The number of hydrogen-bond acceptors (Lipinski definition) is 1. The maximum absolute atomic E-state index is 10.5. The lowest BCUT2D eigenvalue weighted by molar-refractivity contribution is -0.104. The number of rotatable bonds is 4. The molecule has 0 radical (unpaired) electrons. The number of aldehydes is 1. The molecule has 2 rings (SSSR count). The molecule has 0 saturated carbocycles. The van der Waals surface area contributed by atoms with Crippen LogP contribution in [-0.4, -0.2) is 6.29 Å². The molecule has 124 valence electrons. The van der Waals surface area contributed by atoms with Gasteiger partial charge in [0.15, 0.2) is 0 Å². The predicted octanol–water partition coefficient (Wildman–Crippen LogP) is 6.25. The Kier molecular flexibility index (Phi) is 5.98. The Morgan fingerprint density at radius 2 is 1.83 bits per heavy atom. The zero-order valence-corrected chi connectivity index (χ0v) is 15.1. The maximum Gasteiger partial charge on any atom is 0.143 e. The van der Waals surface area contributed by atoms with E-state index in [1.807, 2.05) is 13.0 Å². The normalized spacial score (nSPS) is 22.7. The molecule has 1 nitrogen and oxygen atoms in total. The van der Waals surface area contributed by atoms with Gasteiger partial charge in [-0.2, -0.15) is 0 Å². The Morgan fingerprint density at radius 3 is 2.57 bits per heavy atom. The molecule has 0 spiro atoms. The van der Waals surface area contributed by atoms with Crippen molar-refractivity contribution >= 4 is 6.29 Å². The van der Waals surface area contributed by atoms with Crippen molar-refractivity contribution in [1.29, 1.82) is 0 Å². The summed E-state index contributed by atoms with van der Waals surface area (Å²) < 4.78 is 0. The van der Waals surface area contributed by atoms with Gasteiger partial charge in [0, 0.05) is 0 Å². The lowest BCUT2D eigenvalue weighted by Gasteiger charge is -2.33. The molecule has 0 aromatic carbocycles. The third-order valence-corrected chi connectivity index (χ3v) is 5.18. The molecule has 1 heteroatoms. The van der Waals surface area contributed by atoms with E-state index in [0.717, 1.165) is 11.9 Å². The maximum atomic E-state index is 10.5. The van der Waals surface area contributed by atoms with E-state index in [2.05, 4.69) is 39.0 Å². The standard InChI is InChI=1S/C22H30O/c1-17(13-15-23)8-5-9-18(2)20-11-6-10-19-12-7-14-22(3,4)21(19)16-20/h5,8-9,13,15-16H,6-7,10-12,14H2,1-4H3/b8-5+,17-13-,18-9+. The summed E-state index contributed by atoms with van der Waals surface area (Å²) in [6.07, 6.45) is 18.8. The Morgan fingerprint density at radius 1 is 1.09 bits per heavy atom. The zero-order valence-electron chi connectivity index (χ0n) is 15.1. The Hall–Kier alpha value is -1.63. The largest absolute Gasteiger partial charge is 0.299 e. The summed E-state index contributed by atoms with van der Waals surface area (Å²) in [6.45, 7) is 8.94. The van der Waals surface area contributed by atoms with Crippen LogP contribution in [0, 0.1) is 5.41 Å². The molecule has 0 atom stereocenters. The summed E-state index contributed by atoms with van der Waals surface area (Å²) in [5.41, 5.74) is 7.43. The van der Waals surface area contributed by atoms with Gasteiger partial charge >= 0.3 is 0 Å². The molecule has 2 aliphatic rings. The van der Waals surface area contributed by atoms with Crippen molar-refractivity contribution in [2.45, 2.75) is 66.2 Å². The van der Waals surface area contributed by atoms with Gasteiger partial charge in [-0.1, -0.05) is 43.7 Å². The highest BCUT2D eigenvalue weighted by Gasteiger charge is 2.29. The van der Waals surface area contributed by atoms with Crippen LogP contribution in [-0.2, 0) is 4.79 Å². The average molecular weight is 310 g/mol. The molecular weight excluding hydrogens is 280 g/mol. The molecule has 0 aromatic heterocycles. The summed E-state index contributed by atoms with van der Waals surface area (Å²) >= 11 is 0. The van der Waals surface area contributed by atoms with Gasteiger partial charge in [-0.25, -0.2) is 0 Å². The van der Waals surface area contributed by atoms with Crippen molar-refractivity contribution < 1.29 is 4.79 Å². The summed E-state index contributed by atoms with van der Waals surface area (Å²) in [6, 6.07) is 0.